The summed E-state index contributed by atoms with van der Waals surface area (Å²) in [5.41, 5.74) is 1.41. The van der Waals surface area contributed by atoms with Crippen molar-refractivity contribution in [2.45, 2.75) is 6.61 Å². The lowest BCUT2D eigenvalue weighted by Crippen LogP contribution is -2.27. The highest BCUT2D eigenvalue weighted by molar-refractivity contribution is 8.19. The number of hydrogen-bond donors (Lipinski definition) is 0. The predicted octanol–water partition coefficient (Wildman–Crippen LogP) is 6.31. The van der Waals surface area contributed by atoms with E-state index in [2.05, 4.69) is 0 Å². The van der Waals surface area contributed by atoms with Crippen molar-refractivity contribution in [3.63, 3.8) is 0 Å². The Bertz CT molecular complexity index is 1200. The van der Waals surface area contributed by atoms with E-state index in [4.69, 9.17) is 21.1 Å². The summed E-state index contributed by atoms with van der Waals surface area (Å²) < 4.78 is 25.1. The van der Waals surface area contributed by atoms with E-state index < -0.39 is 5.82 Å². The minimum atomic E-state index is -0.456. The van der Waals surface area contributed by atoms with Gasteiger partial charge in [0.25, 0.3) is 11.1 Å². The fourth-order valence-electron chi connectivity index (χ4n) is 3.13. The smallest absolute Gasteiger partial charge is 0.298 e. The molecule has 0 unspecified atom stereocenters. The number of nitrogens with zero attached hydrogens (tertiary/aromatic N) is 1. The minimum Gasteiger partial charge on any atom is -0.493 e. The second-order valence-electron chi connectivity index (χ2n) is 6.75. The third kappa shape index (κ3) is 4.49. The van der Waals surface area contributed by atoms with Crippen LogP contribution in [0, 0.1) is 5.82 Å². The van der Waals surface area contributed by atoms with E-state index in [1.54, 1.807) is 54.6 Å². The normalized spacial score (nSPS) is 14.8. The highest BCUT2D eigenvalue weighted by atomic mass is 35.5. The number of halogens is 2. The Morgan fingerprint density at radius 1 is 1.03 bits per heavy atom. The molecule has 0 bridgehead atoms. The zero-order chi connectivity index (χ0) is 22.7. The fraction of sp³-hybridized carbons (Fsp3) is 0.0833. The van der Waals surface area contributed by atoms with Crippen molar-refractivity contribution < 1.29 is 23.5 Å². The molecule has 1 heterocycles. The first-order valence-corrected chi connectivity index (χ1v) is 10.7. The van der Waals surface area contributed by atoms with Crippen LogP contribution in [0.4, 0.5) is 14.9 Å². The average Bonchev–Trinajstić information content (AvgIpc) is 3.07. The Morgan fingerprint density at radius 3 is 2.53 bits per heavy atom. The molecule has 1 saturated heterocycles. The molecule has 5 nitrogen and oxygen atoms in total. The highest BCUT2D eigenvalue weighted by Crippen LogP contribution is 2.37. The summed E-state index contributed by atoms with van der Waals surface area (Å²) in [7, 11) is 1.48. The lowest BCUT2D eigenvalue weighted by Gasteiger charge is -2.13. The molecule has 0 aliphatic carbocycles. The molecule has 0 N–H and O–H groups in total. The van der Waals surface area contributed by atoms with E-state index >= 15 is 0 Å². The molecule has 3 aromatic carbocycles. The first kappa shape index (κ1) is 21.9. The van der Waals surface area contributed by atoms with Crippen LogP contribution < -0.4 is 14.4 Å². The average molecular weight is 470 g/mol. The number of ether oxygens (including phenoxy) is 2. The quantitative estimate of drug-likeness (QED) is 0.396. The molecule has 32 heavy (non-hydrogen) atoms. The maximum atomic E-state index is 14.0. The number of hydrogen-bond acceptors (Lipinski definition) is 5. The van der Waals surface area contributed by atoms with Crippen LogP contribution in [-0.4, -0.2) is 18.3 Å². The number of benzene rings is 3. The standard InChI is InChI=1S/C24H17ClFNO4S/c1-30-21-12-15(10-11-20(21)31-14-17-18(25)8-5-9-19(17)26)13-22-23(28)27(24(29)32-22)16-6-3-2-4-7-16/h2-13H,14H2,1H3/b22-13+. The predicted molar refractivity (Wildman–Crippen MR) is 124 cm³/mol. The van der Waals surface area contributed by atoms with Crippen LogP contribution in [-0.2, 0) is 11.4 Å². The van der Waals surface area contributed by atoms with Gasteiger partial charge in [-0.1, -0.05) is 41.9 Å². The monoisotopic (exact) mass is 469 g/mol. The van der Waals surface area contributed by atoms with Gasteiger partial charge < -0.3 is 9.47 Å². The van der Waals surface area contributed by atoms with Crippen molar-refractivity contribution in [3.8, 4) is 11.5 Å². The van der Waals surface area contributed by atoms with Crippen LogP contribution in [0.3, 0.4) is 0 Å². The number of thioether (sulfide) groups is 1. The van der Waals surface area contributed by atoms with Crippen LogP contribution >= 0.6 is 23.4 Å². The molecule has 2 amide bonds. The van der Waals surface area contributed by atoms with E-state index in [9.17, 15) is 14.0 Å². The molecule has 0 aromatic heterocycles. The second kappa shape index (κ2) is 9.46. The first-order chi connectivity index (χ1) is 15.5. The topological polar surface area (TPSA) is 55.8 Å². The summed E-state index contributed by atoms with van der Waals surface area (Å²) in [6.45, 7) is -0.0722. The molecule has 1 fully saturated rings. The van der Waals surface area contributed by atoms with Crippen molar-refractivity contribution >= 4 is 46.3 Å². The van der Waals surface area contributed by atoms with Gasteiger partial charge in [0, 0.05) is 5.56 Å². The zero-order valence-corrected chi connectivity index (χ0v) is 18.5. The van der Waals surface area contributed by atoms with Crippen LogP contribution in [0.2, 0.25) is 5.02 Å². The summed E-state index contributed by atoms with van der Waals surface area (Å²) in [4.78, 5) is 26.6. The van der Waals surface area contributed by atoms with Gasteiger partial charge in [-0.2, -0.15) is 0 Å². The minimum absolute atomic E-state index is 0.0722. The Kier molecular flexibility index (Phi) is 6.48. The number of amides is 2. The lowest BCUT2D eigenvalue weighted by molar-refractivity contribution is -0.113. The maximum Gasteiger partial charge on any atom is 0.298 e. The SMILES string of the molecule is COc1cc(/C=C2/SC(=O)N(c3ccccc3)C2=O)ccc1OCc1c(F)cccc1Cl. The van der Waals surface area contributed by atoms with Crippen molar-refractivity contribution in [1.29, 1.82) is 0 Å². The molecular formula is C24H17ClFNO4S. The van der Waals surface area contributed by atoms with E-state index in [1.807, 2.05) is 6.07 Å². The summed E-state index contributed by atoms with van der Waals surface area (Å²) >= 11 is 6.92. The van der Waals surface area contributed by atoms with Gasteiger partial charge in [-0.3, -0.25) is 9.59 Å². The Hall–Kier alpha value is -3.29. The lowest BCUT2D eigenvalue weighted by atomic mass is 10.1. The molecule has 162 valence electrons. The molecule has 3 aromatic rings. The molecule has 0 saturated carbocycles. The number of carbonyl (C=O) groups excluding carboxylic acids is 2. The third-order valence-corrected chi connectivity index (χ3v) is 5.95. The van der Waals surface area contributed by atoms with Gasteiger partial charge in [0.2, 0.25) is 0 Å². The second-order valence-corrected chi connectivity index (χ2v) is 8.15. The molecule has 1 aliphatic heterocycles. The highest BCUT2D eigenvalue weighted by Gasteiger charge is 2.36. The van der Waals surface area contributed by atoms with Crippen LogP contribution in [0.5, 0.6) is 11.5 Å². The van der Waals surface area contributed by atoms with Crippen molar-refractivity contribution in [2.75, 3.05) is 12.0 Å². The van der Waals surface area contributed by atoms with Crippen LogP contribution in [0.15, 0.2) is 71.6 Å². The third-order valence-electron chi connectivity index (χ3n) is 4.73. The Balaban J connectivity index is 1.55. The number of carbonyl (C=O) groups is 2. The first-order valence-electron chi connectivity index (χ1n) is 9.54. The van der Waals surface area contributed by atoms with E-state index in [1.165, 1.54) is 19.2 Å². The van der Waals surface area contributed by atoms with Gasteiger partial charge in [-0.15, -0.1) is 0 Å². The number of rotatable bonds is 6. The number of methoxy groups -OCH3 is 1. The largest absolute Gasteiger partial charge is 0.493 e. The summed E-state index contributed by atoms with van der Waals surface area (Å²) in [5, 5.41) is -0.0872. The number of imide groups is 1. The van der Waals surface area contributed by atoms with Gasteiger partial charge >= 0.3 is 0 Å². The Morgan fingerprint density at radius 2 is 1.81 bits per heavy atom. The van der Waals surface area contributed by atoms with Crippen LogP contribution in [0.1, 0.15) is 11.1 Å². The van der Waals surface area contributed by atoms with Gasteiger partial charge in [-0.05, 0) is 59.8 Å². The molecule has 1 aliphatic rings. The van der Waals surface area contributed by atoms with E-state index in [0.29, 0.717) is 27.7 Å². The fourth-order valence-corrected chi connectivity index (χ4v) is 4.19. The van der Waals surface area contributed by atoms with Gasteiger partial charge in [0.05, 0.1) is 22.7 Å². The van der Waals surface area contributed by atoms with Crippen molar-refractivity contribution in [1.82, 2.24) is 0 Å². The maximum absolute atomic E-state index is 14.0. The molecule has 0 atom stereocenters. The zero-order valence-electron chi connectivity index (χ0n) is 16.9. The summed E-state index contributed by atoms with van der Waals surface area (Å²) in [5.74, 6) is -0.0585. The van der Waals surface area contributed by atoms with Crippen molar-refractivity contribution in [3.05, 3.63) is 93.6 Å². The molecule has 4 rings (SSSR count). The molecular weight excluding hydrogens is 453 g/mol. The number of para-hydroxylation sites is 1. The summed E-state index contributed by atoms with van der Waals surface area (Å²) in [6, 6.07) is 18.2. The van der Waals surface area contributed by atoms with E-state index in [-0.39, 0.29) is 28.3 Å². The van der Waals surface area contributed by atoms with Crippen molar-refractivity contribution in [2.24, 2.45) is 0 Å². The number of anilines is 1. The molecule has 0 radical (unpaired) electrons. The summed E-state index contributed by atoms with van der Waals surface area (Å²) in [6.07, 6.45) is 1.62. The molecule has 8 heteroatoms. The van der Waals surface area contributed by atoms with Gasteiger partial charge in [0.1, 0.15) is 12.4 Å². The van der Waals surface area contributed by atoms with Gasteiger partial charge in [0.15, 0.2) is 11.5 Å². The van der Waals surface area contributed by atoms with E-state index in [0.717, 1.165) is 16.7 Å². The van der Waals surface area contributed by atoms with Gasteiger partial charge in [-0.25, -0.2) is 9.29 Å². The molecule has 0 spiro atoms. The van der Waals surface area contributed by atoms with Crippen LogP contribution in [0.25, 0.3) is 6.08 Å². The Labute approximate surface area is 193 Å².